The summed E-state index contributed by atoms with van der Waals surface area (Å²) in [4.78, 5) is 0. The lowest BCUT2D eigenvalue weighted by atomic mass is 10.00. The summed E-state index contributed by atoms with van der Waals surface area (Å²) < 4.78 is 5.09. The summed E-state index contributed by atoms with van der Waals surface area (Å²) in [5.41, 5.74) is 0. The fourth-order valence-electron chi connectivity index (χ4n) is 1.48. The fraction of sp³-hybridized carbons (Fsp3) is 1.00. The molecule has 4 atom stereocenters. The summed E-state index contributed by atoms with van der Waals surface area (Å²) in [6.07, 6.45) is -1.18. The van der Waals surface area contributed by atoms with Crippen molar-refractivity contribution in [1.29, 1.82) is 0 Å². The van der Waals surface area contributed by atoms with Crippen LogP contribution in [0.3, 0.4) is 0 Å². The molecule has 1 saturated heterocycles. The number of hydrogen-bond acceptors (Lipinski definition) is 4. The Balaban J connectivity index is 2.52. The minimum atomic E-state index is -0.815. The Labute approximate surface area is 66.2 Å². The van der Waals surface area contributed by atoms with E-state index in [1.54, 1.807) is 7.05 Å². The van der Waals surface area contributed by atoms with Crippen LogP contribution in [-0.4, -0.2) is 41.8 Å². The second-order valence-corrected chi connectivity index (χ2v) is 2.91. The highest BCUT2D eigenvalue weighted by atomic mass is 16.6. The minimum absolute atomic E-state index is 0.0709. The molecule has 4 nitrogen and oxygen atoms in total. The van der Waals surface area contributed by atoms with Crippen molar-refractivity contribution in [1.82, 2.24) is 5.32 Å². The summed E-state index contributed by atoms with van der Waals surface area (Å²) in [5.74, 6) is 0. The molecule has 11 heavy (non-hydrogen) atoms. The van der Waals surface area contributed by atoms with E-state index in [1.807, 2.05) is 6.92 Å². The van der Waals surface area contributed by atoms with E-state index in [1.165, 1.54) is 0 Å². The molecule has 0 bridgehead atoms. The summed E-state index contributed by atoms with van der Waals surface area (Å²) in [5, 5.41) is 21.4. The molecular formula is C7H15NO3. The van der Waals surface area contributed by atoms with E-state index in [9.17, 15) is 5.11 Å². The zero-order chi connectivity index (χ0) is 8.43. The maximum Gasteiger partial charge on any atom is 0.157 e. The van der Waals surface area contributed by atoms with E-state index in [2.05, 4.69) is 5.32 Å². The van der Waals surface area contributed by atoms with Crippen LogP contribution in [0.1, 0.15) is 13.3 Å². The molecule has 0 aromatic rings. The molecule has 0 amide bonds. The van der Waals surface area contributed by atoms with Gasteiger partial charge < -0.3 is 20.3 Å². The van der Waals surface area contributed by atoms with Crippen molar-refractivity contribution in [3.8, 4) is 0 Å². The molecule has 1 aliphatic rings. The predicted molar refractivity (Wildman–Crippen MR) is 40.0 cm³/mol. The summed E-state index contributed by atoms with van der Waals surface area (Å²) in [6.45, 7) is 1.83. The Morgan fingerprint density at radius 1 is 1.45 bits per heavy atom. The molecule has 0 aromatic heterocycles. The van der Waals surface area contributed by atoms with Crippen LogP contribution in [0.15, 0.2) is 0 Å². The first kappa shape index (κ1) is 8.93. The van der Waals surface area contributed by atoms with Crippen LogP contribution in [0.25, 0.3) is 0 Å². The Bertz CT molecular complexity index is 119. The maximum atomic E-state index is 9.41. The highest BCUT2D eigenvalue weighted by Gasteiger charge is 2.33. The summed E-state index contributed by atoms with van der Waals surface area (Å²) in [6, 6.07) is -0.0709. The second-order valence-electron chi connectivity index (χ2n) is 2.91. The molecule has 4 heteroatoms. The van der Waals surface area contributed by atoms with Crippen molar-refractivity contribution < 1.29 is 14.9 Å². The normalized spacial score (nSPS) is 45.8. The minimum Gasteiger partial charge on any atom is -0.391 e. The topological polar surface area (TPSA) is 61.7 Å². The quantitative estimate of drug-likeness (QED) is 0.464. The van der Waals surface area contributed by atoms with Crippen molar-refractivity contribution in [3.63, 3.8) is 0 Å². The van der Waals surface area contributed by atoms with Gasteiger partial charge >= 0.3 is 0 Å². The van der Waals surface area contributed by atoms with Gasteiger partial charge in [0.25, 0.3) is 0 Å². The van der Waals surface area contributed by atoms with E-state index in [-0.39, 0.29) is 18.6 Å². The highest BCUT2D eigenvalue weighted by Crippen LogP contribution is 2.17. The Morgan fingerprint density at radius 2 is 2.09 bits per heavy atom. The van der Waals surface area contributed by atoms with Gasteiger partial charge in [0.1, 0.15) is 0 Å². The first-order valence-corrected chi connectivity index (χ1v) is 3.84. The van der Waals surface area contributed by atoms with Crippen molar-refractivity contribution in [3.05, 3.63) is 0 Å². The van der Waals surface area contributed by atoms with Crippen LogP contribution in [0.5, 0.6) is 0 Å². The molecule has 0 radical (unpaired) electrons. The van der Waals surface area contributed by atoms with Crippen molar-refractivity contribution in [2.75, 3.05) is 7.05 Å². The summed E-state index contributed by atoms with van der Waals surface area (Å²) in [7, 11) is 1.77. The van der Waals surface area contributed by atoms with Crippen molar-refractivity contribution in [2.45, 2.75) is 37.9 Å². The monoisotopic (exact) mass is 161 g/mol. The van der Waals surface area contributed by atoms with Crippen molar-refractivity contribution >= 4 is 0 Å². The van der Waals surface area contributed by atoms with Crippen LogP contribution < -0.4 is 5.32 Å². The van der Waals surface area contributed by atoms with Crippen LogP contribution in [-0.2, 0) is 4.74 Å². The molecule has 0 aromatic carbocycles. The lowest BCUT2D eigenvalue weighted by Crippen LogP contribution is -2.53. The molecule has 0 aliphatic carbocycles. The van der Waals surface area contributed by atoms with Gasteiger partial charge in [-0.25, -0.2) is 0 Å². The Hall–Kier alpha value is -0.160. The molecular weight excluding hydrogens is 146 g/mol. The number of aliphatic hydroxyl groups excluding tert-OH is 2. The van der Waals surface area contributed by atoms with E-state index in [0.717, 1.165) is 0 Å². The Kier molecular flexibility index (Phi) is 2.84. The number of aliphatic hydroxyl groups is 2. The van der Waals surface area contributed by atoms with Crippen LogP contribution in [0.2, 0.25) is 0 Å². The van der Waals surface area contributed by atoms with E-state index in [4.69, 9.17) is 9.84 Å². The molecule has 66 valence electrons. The first-order valence-electron chi connectivity index (χ1n) is 3.84. The predicted octanol–water partition coefficient (Wildman–Crippen LogP) is -0.938. The van der Waals surface area contributed by atoms with Gasteiger partial charge in [0.2, 0.25) is 0 Å². The molecule has 3 N–H and O–H groups in total. The molecule has 0 spiro atoms. The maximum absolute atomic E-state index is 9.41. The van der Waals surface area contributed by atoms with E-state index < -0.39 is 12.4 Å². The number of ether oxygens (including phenoxy) is 1. The standard InChI is InChI=1S/C7H15NO3/c1-4-7(8-2)5(9)3-6(10)11-4/h4-10H,3H2,1-2H3/t4-,5+,6-,7-/m1/s1. The van der Waals surface area contributed by atoms with Crippen molar-refractivity contribution in [2.24, 2.45) is 0 Å². The lowest BCUT2D eigenvalue weighted by molar-refractivity contribution is -0.195. The van der Waals surface area contributed by atoms with Gasteiger partial charge in [0, 0.05) is 6.42 Å². The largest absolute Gasteiger partial charge is 0.391 e. The third-order valence-electron chi connectivity index (χ3n) is 2.07. The number of hydrogen-bond donors (Lipinski definition) is 3. The SMILES string of the molecule is CN[C@H]1[C@@H](O)C[C@H](O)O[C@@H]1C. The molecule has 0 unspecified atom stereocenters. The highest BCUT2D eigenvalue weighted by molar-refractivity contribution is 4.84. The first-order chi connectivity index (χ1) is 5.15. The number of likely N-dealkylation sites (N-methyl/N-ethyl adjacent to an activating group) is 1. The number of nitrogens with one attached hydrogen (secondary N) is 1. The smallest absolute Gasteiger partial charge is 0.157 e. The second kappa shape index (κ2) is 3.49. The summed E-state index contributed by atoms with van der Waals surface area (Å²) >= 11 is 0. The molecule has 1 rings (SSSR count). The fourth-order valence-corrected chi connectivity index (χ4v) is 1.48. The van der Waals surface area contributed by atoms with Gasteiger partial charge in [-0.15, -0.1) is 0 Å². The van der Waals surface area contributed by atoms with Gasteiger partial charge in [-0.05, 0) is 14.0 Å². The van der Waals surface area contributed by atoms with Crippen LogP contribution in [0.4, 0.5) is 0 Å². The van der Waals surface area contributed by atoms with E-state index in [0.29, 0.717) is 0 Å². The molecule has 1 fully saturated rings. The lowest BCUT2D eigenvalue weighted by Gasteiger charge is -2.35. The van der Waals surface area contributed by atoms with Gasteiger partial charge in [0.15, 0.2) is 6.29 Å². The third-order valence-corrected chi connectivity index (χ3v) is 2.07. The zero-order valence-corrected chi connectivity index (χ0v) is 6.82. The van der Waals surface area contributed by atoms with E-state index >= 15 is 0 Å². The third kappa shape index (κ3) is 1.90. The van der Waals surface area contributed by atoms with Gasteiger partial charge in [-0.2, -0.15) is 0 Å². The Morgan fingerprint density at radius 3 is 2.55 bits per heavy atom. The number of rotatable bonds is 1. The molecule has 1 heterocycles. The van der Waals surface area contributed by atoms with Gasteiger partial charge in [-0.3, -0.25) is 0 Å². The average molecular weight is 161 g/mol. The molecule has 0 saturated carbocycles. The zero-order valence-electron chi connectivity index (χ0n) is 6.82. The average Bonchev–Trinajstić information content (AvgIpc) is 1.85. The van der Waals surface area contributed by atoms with Crippen LogP contribution in [0, 0.1) is 0 Å². The van der Waals surface area contributed by atoms with Gasteiger partial charge in [0.05, 0.1) is 18.2 Å². The van der Waals surface area contributed by atoms with Gasteiger partial charge in [-0.1, -0.05) is 0 Å². The molecule has 1 aliphatic heterocycles. The van der Waals surface area contributed by atoms with Crippen LogP contribution >= 0.6 is 0 Å².